The maximum atomic E-state index is 12.4. The number of carbonyl (C=O) groups excluding carboxylic acids is 1. The molecule has 0 radical (unpaired) electrons. The molecule has 0 aromatic carbocycles. The Hall–Kier alpha value is -1.90. The first-order valence-corrected chi connectivity index (χ1v) is 9.84. The van der Waals surface area contributed by atoms with Crippen LogP contribution in [-0.4, -0.2) is 69.3 Å². The highest BCUT2D eigenvalue weighted by Gasteiger charge is 2.31. The molecule has 1 amide bonds. The predicted molar refractivity (Wildman–Crippen MR) is 101 cm³/mol. The number of thioether (sulfide) groups is 1. The molecular weight excluding hydrogens is 350 g/mol. The summed E-state index contributed by atoms with van der Waals surface area (Å²) in [6.45, 7) is 3.76. The van der Waals surface area contributed by atoms with Gasteiger partial charge in [0.1, 0.15) is 0 Å². The van der Waals surface area contributed by atoms with E-state index in [-0.39, 0.29) is 11.9 Å². The second kappa shape index (κ2) is 7.77. The number of piperidine rings is 1. The van der Waals surface area contributed by atoms with Crippen molar-refractivity contribution in [1.29, 1.82) is 0 Å². The zero-order chi connectivity index (χ0) is 17.9. The van der Waals surface area contributed by atoms with Gasteiger partial charge in [-0.25, -0.2) is 0 Å². The lowest BCUT2D eigenvalue weighted by molar-refractivity contribution is -0.122. The smallest absolute Gasteiger partial charge is 0.226 e. The number of nitrogens with one attached hydrogen (secondary N) is 1. The number of pyridine rings is 1. The number of amidine groups is 1. The summed E-state index contributed by atoms with van der Waals surface area (Å²) < 4.78 is 0. The van der Waals surface area contributed by atoms with Gasteiger partial charge in [-0.15, -0.1) is 0 Å². The zero-order valence-corrected chi connectivity index (χ0v) is 15.4. The third-order valence-electron chi connectivity index (χ3n) is 4.91. The van der Waals surface area contributed by atoms with E-state index < -0.39 is 6.10 Å². The molecule has 0 aliphatic carbocycles. The van der Waals surface area contributed by atoms with Crippen LogP contribution in [0.1, 0.15) is 18.5 Å². The fourth-order valence-electron chi connectivity index (χ4n) is 3.57. The summed E-state index contributed by atoms with van der Waals surface area (Å²) in [7, 11) is 0. The van der Waals surface area contributed by atoms with Gasteiger partial charge in [-0.1, -0.05) is 17.8 Å². The van der Waals surface area contributed by atoms with Gasteiger partial charge in [0.25, 0.3) is 0 Å². The third-order valence-corrected chi connectivity index (χ3v) is 5.86. The second-order valence-electron chi connectivity index (χ2n) is 6.81. The minimum atomic E-state index is -0.563. The van der Waals surface area contributed by atoms with E-state index in [0.29, 0.717) is 13.0 Å². The number of amides is 1. The Morgan fingerprint density at radius 1 is 1.38 bits per heavy atom. The number of aliphatic hydroxyl groups is 1. The Labute approximate surface area is 157 Å². The number of β-amino-alcohol motifs (C(OH)–C–C–N with tert-alkyl or cyclic N) is 1. The molecule has 26 heavy (non-hydrogen) atoms. The van der Waals surface area contributed by atoms with E-state index >= 15 is 0 Å². The van der Waals surface area contributed by atoms with Crippen LogP contribution in [0.5, 0.6) is 0 Å². The summed E-state index contributed by atoms with van der Waals surface area (Å²) >= 11 is 1.58. The molecule has 0 unspecified atom stereocenters. The number of carbonyl (C=O) groups is 1. The molecule has 1 fully saturated rings. The normalized spacial score (nSPS) is 25.7. The minimum absolute atomic E-state index is 0.0350. The highest BCUT2D eigenvalue weighted by atomic mass is 32.2. The number of likely N-dealkylation sites (tertiary alicyclic amines) is 1. The van der Waals surface area contributed by atoms with Crippen LogP contribution in [0.3, 0.4) is 0 Å². The first kappa shape index (κ1) is 17.5. The molecule has 8 heteroatoms. The number of aromatic nitrogens is 1. The van der Waals surface area contributed by atoms with Crippen molar-refractivity contribution >= 4 is 22.8 Å². The number of nitrogens with zero attached hydrogens (tertiary/aromatic N) is 4. The number of hydrogen-bond acceptors (Lipinski definition) is 7. The molecule has 0 spiro atoms. The Morgan fingerprint density at radius 3 is 3.12 bits per heavy atom. The Kier molecular flexibility index (Phi) is 5.23. The van der Waals surface area contributed by atoms with Crippen molar-refractivity contribution in [3.8, 4) is 0 Å². The molecule has 1 saturated heterocycles. The maximum absolute atomic E-state index is 12.4. The monoisotopic (exact) mass is 373 g/mol. The van der Waals surface area contributed by atoms with Gasteiger partial charge in [0, 0.05) is 38.1 Å². The average Bonchev–Trinajstić information content (AvgIpc) is 3.23. The first-order valence-electron chi connectivity index (χ1n) is 8.96. The second-order valence-corrected chi connectivity index (χ2v) is 7.64. The summed E-state index contributed by atoms with van der Waals surface area (Å²) in [6.07, 6.45) is 2.30. The molecular formula is C18H23N5O2S. The average molecular weight is 373 g/mol. The van der Waals surface area contributed by atoms with Crippen molar-refractivity contribution in [2.75, 3.05) is 26.2 Å². The van der Waals surface area contributed by atoms with E-state index in [1.807, 2.05) is 23.6 Å². The van der Waals surface area contributed by atoms with Gasteiger partial charge >= 0.3 is 0 Å². The molecule has 138 valence electrons. The molecule has 1 aromatic heterocycles. The summed E-state index contributed by atoms with van der Waals surface area (Å²) in [5.74, 6) is -0.0350. The van der Waals surface area contributed by atoms with Crippen LogP contribution in [0.15, 0.2) is 40.5 Å². The van der Waals surface area contributed by atoms with E-state index in [9.17, 15) is 9.90 Å². The summed E-state index contributed by atoms with van der Waals surface area (Å²) in [6, 6.07) is 5.67. The molecule has 4 heterocycles. The molecule has 1 aromatic rings. The van der Waals surface area contributed by atoms with Crippen molar-refractivity contribution in [2.45, 2.75) is 31.5 Å². The van der Waals surface area contributed by atoms with Crippen LogP contribution in [0, 0.1) is 0 Å². The van der Waals surface area contributed by atoms with Crippen molar-refractivity contribution in [3.05, 3.63) is 41.2 Å². The number of fused-ring (bicyclic) bond motifs is 1. The molecule has 7 nitrogen and oxygen atoms in total. The lowest BCUT2D eigenvalue weighted by atomic mass is 10.0. The molecule has 0 saturated carbocycles. The Morgan fingerprint density at radius 2 is 2.31 bits per heavy atom. The van der Waals surface area contributed by atoms with Gasteiger partial charge in [0.05, 0.1) is 30.8 Å². The van der Waals surface area contributed by atoms with Gasteiger partial charge in [0.2, 0.25) is 5.91 Å². The molecule has 3 aliphatic rings. The number of aliphatic imine (C=N–C) groups is 1. The Balaban J connectivity index is 1.25. The van der Waals surface area contributed by atoms with Crippen molar-refractivity contribution in [1.82, 2.24) is 20.1 Å². The van der Waals surface area contributed by atoms with Crippen molar-refractivity contribution in [3.63, 3.8) is 0 Å². The van der Waals surface area contributed by atoms with Crippen LogP contribution in [0.4, 0.5) is 0 Å². The van der Waals surface area contributed by atoms with Crippen LogP contribution < -0.4 is 5.32 Å². The van der Waals surface area contributed by atoms with E-state index in [1.54, 1.807) is 18.0 Å². The fraction of sp³-hybridized carbons (Fsp3) is 0.500. The zero-order valence-electron chi connectivity index (χ0n) is 14.5. The van der Waals surface area contributed by atoms with Gasteiger partial charge in [-0.05, 0) is 24.0 Å². The molecule has 2 N–H and O–H groups in total. The lowest BCUT2D eigenvalue weighted by Gasteiger charge is -2.36. The number of rotatable bonds is 5. The first-order chi connectivity index (χ1) is 12.7. The van der Waals surface area contributed by atoms with Gasteiger partial charge in [-0.2, -0.15) is 0 Å². The summed E-state index contributed by atoms with van der Waals surface area (Å²) in [4.78, 5) is 25.4. The minimum Gasteiger partial charge on any atom is -0.390 e. The number of hydrogen-bond donors (Lipinski definition) is 2. The van der Waals surface area contributed by atoms with Crippen LogP contribution >= 0.6 is 11.8 Å². The van der Waals surface area contributed by atoms with E-state index in [4.69, 9.17) is 0 Å². The van der Waals surface area contributed by atoms with Gasteiger partial charge < -0.3 is 15.3 Å². The molecule has 2 atom stereocenters. The van der Waals surface area contributed by atoms with Crippen LogP contribution in [0.25, 0.3) is 0 Å². The number of aliphatic hydroxyl groups excluding tert-OH is 1. The van der Waals surface area contributed by atoms with E-state index in [2.05, 4.69) is 25.1 Å². The highest BCUT2D eigenvalue weighted by molar-refractivity contribution is 8.16. The SMILES string of the molecule is O=C(CC1=CSC2=NCCN12)N[C@@H]1CCN(Cc2ccccn2)C[C@H]1O. The summed E-state index contributed by atoms with van der Waals surface area (Å²) in [5, 5.41) is 16.5. The van der Waals surface area contributed by atoms with Crippen LogP contribution in [0.2, 0.25) is 0 Å². The van der Waals surface area contributed by atoms with Crippen molar-refractivity contribution < 1.29 is 9.90 Å². The molecule has 3 aliphatic heterocycles. The maximum Gasteiger partial charge on any atom is 0.226 e. The van der Waals surface area contributed by atoms with Crippen molar-refractivity contribution in [2.24, 2.45) is 4.99 Å². The summed E-state index contributed by atoms with van der Waals surface area (Å²) in [5.41, 5.74) is 2.00. The van der Waals surface area contributed by atoms with E-state index in [1.165, 1.54) is 0 Å². The topological polar surface area (TPSA) is 81.1 Å². The molecule has 0 bridgehead atoms. The third kappa shape index (κ3) is 3.92. The standard InChI is InChI=1S/C18H23N5O2S/c24-16-11-22(10-13-3-1-2-5-19-13)7-4-15(16)21-17(25)9-14-12-26-18-20-6-8-23(14)18/h1-3,5,12,15-16,24H,4,6-11H2,(H,21,25)/t15-,16-/m1/s1. The van der Waals surface area contributed by atoms with Gasteiger partial charge in [-0.3, -0.25) is 19.7 Å². The lowest BCUT2D eigenvalue weighted by Crippen LogP contribution is -2.53. The van der Waals surface area contributed by atoms with Crippen LogP contribution in [-0.2, 0) is 11.3 Å². The fourth-order valence-corrected chi connectivity index (χ4v) is 4.52. The molecule has 4 rings (SSSR count). The predicted octanol–water partition coefficient (Wildman–Crippen LogP) is 0.783. The Bertz CT molecular complexity index is 724. The van der Waals surface area contributed by atoms with Gasteiger partial charge in [0.15, 0.2) is 5.17 Å². The highest BCUT2D eigenvalue weighted by Crippen LogP contribution is 2.30. The van der Waals surface area contributed by atoms with E-state index in [0.717, 1.165) is 49.2 Å². The largest absolute Gasteiger partial charge is 0.390 e. The quantitative estimate of drug-likeness (QED) is 0.794.